The monoisotopic (exact) mass is 586 g/mol. The van der Waals surface area contributed by atoms with Crippen LogP contribution in [0.5, 0.6) is 0 Å². The number of aliphatic hydroxyl groups is 10. The summed E-state index contributed by atoms with van der Waals surface area (Å²) in [4.78, 5) is 46.8. The molecule has 0 aliphatic rings. The zero-order valence-electron chi connectivity index (χ0n) is 22.0. The average Bonchev–Trinajstić information content (AvgIpc) is 2.94. The summed E-state index contributed by atoms with van der Waals surface area (Å²) in [5.41, 5.74) is 0. The highest BCUT2D eigenvalue weighted by Crippen LogP contribution is 2.13. The predicted molar refractivity (Wildman–Crippen MR) is 131 cm³/mol. The fourth-order valence-electron chi connectivity index (χ4n) is 3.37. The molecule has 0 rings (SSSR count). The third kappa shape index (κ3) is 14.5. The summed E-state index contributed by atoms with van der Waals surface area (Å²) in [5.74, 6) is -4.89. The van der Waals surface area contributed by atoms with E-state index < -0.39 is 85.9 Å². The average molecular weight is 587 g/mol. The van der Waals surface area contributed by atoms with E-state index in [0.717, 1.165) is 25.7 Å². The van der Waals surface area contributed by atoms with Crippen molar-refractivity contribution in [1.82, 2.24) is 0 Å². The van der Waals surface area contributed by atoms with Crippen LogP contribution >= 0.6 is 0 Å². The molecule has 16 nitrogen and oxygen atoms in total. The molecule has 0 unspecified atom stereocenters. The van der Waals surface area contributed by atoms with Crippen LogP contribution in [0.4, 0.5) is 0 Å². The third-order valence-corrected chi connectivity index (χ3v) is 5.93. The lowest BCUT2D eigenvalue weighted by atomic mass is 10.0. The first kappa shape index (κ1) is 37.9. The van der Waals surface area contributed by atoms with E-state index in [-0.39, 0.29) is 12.8 Å². The maximum absolute atomic E-state index is 11.7. The molecule has 0 fully saturated rings. The van der Waals surface area contributed by atoms with E-state index >= 15 is 0 Å². The molecule has 0 aromatic rings. The first-order chi connectivity index (χ1) is 18.8. The summed E-state index contributed by atoms with van der Waals surface area (Å²) in [6.07, 6.45) is -11.8. The van der Waals surface area contributed by atoms with Gasteiger partial charge in [-0.15, -0.1) is 0 Å². The van der Waals surface area contributed by atoms with Crippen LogP contribution in [0.25, 0.3) is 0 Å². The molecule has 8 atom stereocenters. The van der Waals surface area contributed by atoms with Crippen molar-refractivity contribution >= 4 is 23.9 Å². The summed E-state index contributed by atoms with van der Waals surface area (Å²) in [6, 6.07) is 0. The summed E-state index contributed by atoms with van der Waals surface area (Å²) >= 11 is 0. The minimum atomic E-state index is -2.30. The molecule has 0 aliphatic heterocycles. The molecule has 0 amide bonds. The third-order valence-electron chi connectivity index (χ3n) is 5.93. The molecule has 0 aliphatic carbocycles. The van der Waals surface area contributed by atoms with Gasteiger partial charge in [0.05, 0.1) is 13.2 Å². The van der Waals surface area contributed by atoms with Crippen LogP contribution in [-0.4, -0.2) is 137 Å². The van der Waals surface area contributed by atoms with Crippen molar-refractivity contribution in [2.45, 2.75) is 113 Å². The molecule has 0 bridgehead atoms. The van der Waals surface area contributed by atoms with Gasteiger partial charge < -0.3 is 60.5 Å². The minimum absolute atomic E-state index is 0.135. The van der Waals surface area contributed by atoms with Crippen molar-refractivity contribution < 1.29 is 79.7 Å². The number of carbonyl (C=O) groups is 4. The number of aliphatic hydroxyl groups excluding tert-OH is 10. The second kappa shape index (κ2) is 20.7. The van der Waals surface area contributed by atoms with Crippen LogP contribution in [0, 0.1) is 0 Å². The molecule has 16 heteroatoms. The van der Waals surface area contributed by atoms with Gasteiger partial charge in [-0.05, 0) is 12.8 Å². The Kier molecular flexibility index (Phi) is 19.6. The van der Waals surface area contributed by atoms with Gasteiger partial charge in [0.1, 0.15) is 36.6 Å². The Morgan fingerprint density at radius 1 is 0.450 bits per heavy atom. The van der Waals surface area contributed by atoms with Crippen molar-refractivity contribution in [2.24, 2.45) is 0 Å². The highest BCUT2D eigenvalue weighted by molar-refractivity contribution is 5.88. The molecule has 0 heterocycles. The van der Waals surface area contributed by atoms with E-state index in [0.29, 0.717) is 25.7 Å². The van der Waals surface area contributed by atoms with Gasteiger partial charge in [0.25, 0.3) is 0 Å². The van der Waals surface area contributed by atoms with Crippen LogP contribution in [-0.2, 0) is 28.7 Å². The number of ether oxygens (including phenoxy) is 2. The van der Waals surface area contributed by atoms with Gasteiger partial charge >= 0.3 is 23.9 Å². The summed E-state index contributed by atoms with van der Waals surface area (Å²) in [5, 5.41) is 93.3. The Labute approximate surface area is 230 Å². The summed E-state index contributed by atoms with van der Waals surface area (Å²) < 4.78 is 8.81. The fourth-order valence-corrected chi connectivity index (χ4v) is 3.37. The van der Waals surface area contributed by atoms with Crippen molar-refractivity contribution in [1.29, 1.82) is 0 Å². The molecule has 0 aromatic carbocycles. The van der Waals surface area contributed by atoms with Crippen LogP contribution < -0.4 is 0 Å². The molecular formula is C24H42O16. The molecule has 0 saturated carbocycles. The van der Waals surface area contributed by atoms with Crippen molar-refractivity contribution in [2.75, 3.05) is 13.2 Å². The largest absolute Gasteiger partial charge is 0.394 e. The molecular weight excluding hydrogens is 544 g/mol. The Morgan fingerprint density at radius 2 is 0.725 bits per heavy atom. The van der Waals surface area contributed by atoms with E-state index in [1.165, 1.54) is 0 Å². The number of carbonyl (C=O) groups excluding carboxylic acids is 4. The standard InChI is InChI=1S/C24H42O16/c25-11-13(27)17(31)19(33)21(35)23(37)39-15(29)9-7-5-3-1-2-4-6-8-10-16(30)40-24(38)22(36)20(34)18(32)14(28)12-26/h13-14,17-22,25-28,31-36H,1-12H2/t13-,14-,17-,18-,19+,20+,21-,22-/m1/s1. The summed E-state index contributed by atoms with van der Waals surface area (Å²) in [7, 11) is 0. The Morgan fingerprint density at radius 3 is 1.00 bits per heavy atom. The van der Waals surface area contributed by atoms with Crippen LogP contribution in [0.2, 0.25) is 0 Å². The van der Waals surface area contributed by atoms with E-state index in [1.807, 2.05) is 0 Å². The molecule has 0 saturated heterocycles. The van der Waals surface area contributed by atoms with Gasteiger partial charge in [-0.25, -0.2) is 9.59 Å². The van der Waals surface area contributed by atoms with Gasteiger partial charge in [0, 0.05) is 12.8 Å². The van der Waals surface area contributed by atoms with Crippen LogP contribution in [0.3, 0.4) is 0 Å². The van der Waals surface area contributed by atoms with Crippen molar-refractivity contribution in [3.05, 3.63) is 0 Å². The Bertz CT molecular complexity index is 699. The van der Waals surface area contributed by atoms with E-state index in [4.69, 9.17) is 10.2 Å². The van der Waals surface area contributed by atoms with Gasteiger partial charge in [0.2, 0.25) is 0 Å². The van der Waals surface area contributed by atoms with E-state index in [2.05, 4.69) is 9.47 Å². The van der Waals surface area contributed by atoms with Crippen LogP contribution in [0.1, 0.15) is 64.2 Å². The topological polar surface area (TPSA) is 289 Å². The quantitative estimate of drug-likeness (QED) is 0.0347. The molecule has 10 N–H and O–H groups in total. The first-order valence-electron chi connectivity index (χ1n) is 12.9. The SMILES string of the molecule is O=C(CCCCCCCCCCC(=O)OC(=O)[C@H](O)[C@@H](O)[C@H](O)[C@H](O)CO)OC(=O)[C@H](O)[C@@H](O)[C@H](O)[C@H](O)CO. The normalized spacial score (nSPS) is 17.6. The predicted octanol–water partition coefficient (Wildman–Crippen LogP) is -4.10. The van der Waals surface area contributed by atoms with Crippen LogP contribution in [0.15, 0.2) is 0 Å². The van der Waals surface area contributed by atoms with Gasteiger partial charge in [-0.2, -0.15) is 0 Å². The van der Waals surface area contributed by atoms with Crippen molar-refractivity contribution in [3.63, 3.8) is 0 Å². The van der Waals surface area contributed by atoms with E-state index in [1.54, 1.807) is 0 Å². The number of rotatable bonds is 21. The molecule has 0 aromatic heterocycles. The molecule has 0 spiro atoms. The number of unbranched alkanes of at least 4 members (excludes halogenated alkanes) is 7. The van der Waals surface area contributed by atoms with Gasteiger partial charge in [-0.3, -0.25) is 9.59 Å². The van der Waals surface area contributed by atoms with Crippen molar-refractivity contribution in [3.8, 4) is 0 Å². The zero-order valence-corrected chi connectivity index (χ0v) is 22.0. The maximum Gasteiger partial charge on any atom is 0.345 e. The fraction of sp³-hybridized carbons (Fsp3) is 0.833. The summed E-state index contributed by atoms with van der Waals surface area (Å²) in [6.45, 7) is -1.86. The minimum Gasteiger partial charge on any atom is -0.394 e. The number of hydrogen-bond acceptors (Lipinski definition) is 16. The zero-order chi connectivity index (χ0) is 30.8. The first-order valence-corrected chi connectivity index (χ1v) is 12.9. The highest BCUT2D eigenvalue weighted by atomic mass is 16.6. The highest BCUT2D eigenvalue weighted by Gasteiger charge is 2.37. The maximum atomic E-state index is 11.7. The lowest BCUT2D eigenvalue weighted by Crippen LogP contribution is -2.49. The molecule has 40 heavy (non-hydrogen) atoms. The second-order valence-corrected chi connectivity index (χ2v) is 9.27. The lowest BCUT2D eigenvalue weighted by molar-refractivity contribution is -0.178. The number of esters is 4. The molecule has 0 radical (unpaired) electrons. The smallest absolute Gasteiger partial charge is 0.345 e. The second-order valence-electron chi connectivity index (χ2n) is 9.27. The van der Waals surface area contributed by atoms with E-state index in [9.17, 15) is 60.0 Å². The lowest BCUT2D eigenvalue weighted by Gasteiger charge is -2.24. The molecule has 234 valence electrons. The Hall–Kier alpha value is -2.12. The number of hydrogen-bond donors (Lipinski definition) is 10. The Balaban J connectivity index is 3.95. The van der Waals surface area contributed by atoms with Gasteiger partial charge in [-0.1, -0.05) is 38.5 Å². The van der Waals surface area contributed by atoms with Gasteiger partial charge in [0.15, 0.2) is 12.2 Å².